The highest BCUT2D eigenvalue weighted by atomic mass is 35.5. The number of rotatable bonds is 4. The molecule has 1 aromatic carbocycles. The van der Waals surface area contributed by atoms with Gasteiger partial charge in [0.25, 0.3) is 0 Å². The second-order valence-electron chi connectivity index (χ2n) is 5.26. The van der Waals surface area contributed by atoms with Gasteiger partial charge >= 0.3 is 0 Å². The van der Waals surface area contributed by atoms with Crippen molar-refractivity contribution in [3.63, 3.8) is 0 Å². The summed E-state index contributed by atoms with van der Waals surface area (Å²) in [5.41, 5.74) is 1.39. The van der Waals surface area contributed by atoms with Gasteiger partial charge < -0.3 is 5.32 Å². The lowest BCUT2D eigenvalue weighted by Gasteiger charge is -2.35. The number of hydrogen-bond acceptors (Lipinski definition) is 2. The van der Waals surface area contributed by atoms with Crippen LogP contribution in [0.25, 0.3) is 0 Å². The molecule has 7 heteroatoms. The third kappa shape index (κ3) is 5.16. The van der Waals surface area contributed by atoms with Gasteiger partial charge in [0.05, 0.1) is 0 Å². The Morgan fingerprint density at radius 2 is 1.68 bits per heavy atom. The molecule has 0 radical (unpaired) electrons. The van der Waals surface area contributed by atoms with E-state index in [1.807, 2.05) is 6.92 Å². The van der Waals surface area contributed by atoms with Crippen molar-refractivity contribution >= 4 is 24.8 Å². The highest BCUT2D eigenvalue weighted by Crippen LogP contribution is 2.29. The van der Waals surface area contributed by atoms with Crippen LogP contribution in [-0.2, 0) is 0 Å². The first-order valence-electron chi connectivity index (χ1n) is 6.72. The predicted molar refractivity (Wildman–Crippen MR) is 87.4 cm³/mol. The first-order chi connectivity index (χ1) is 9.49. The van der Waals surface area contributed by atoms with E-state index in [2.05, 4.69) is 16.8 Å². The van der Waals surface area contributed by atoms with E-state index in [1.165, 1.54) is 0 Å². The Morgan fingerprint density at radius 3 is 2.14 bits per heavy atom. The van der Waals surface area contributed by atoms with Crippen LogP contribution in [0.15, 0.2) is 24.3 Å². The molecular formula is C15H21Cl2F3N2. The van der Waals surface area contributed by atoms with Crippen molar-refractivity contribution in [2.24, 2.45) is 0 Å². The van der Waals surface area contributed by atoms with E-state index in [-0.39, 0.29) is 30.9 Å². The summed E-state index contributed by atoms with van der Waals surface area (Å²) in [6.07, 6.45) is 0.602. The first kappa shape index (κ1) is 21.2. The smallest absolute Gasteiger partial charge is 0.194 e. The van der Waals surface area contributed by atoms with Crippen LogP contribution in [0.3, 0.4) is 0 Å². The number of nitrogens with zero attached hydrogens (tertiary/aromatic N) is 1. The summed E-state index contributed by atoms with van der Waals surface area (Å²) in [6, 6.07) is 2.02. The molecule has 22 heavy (non-hydrogen) atoms. The molecule has 1 saturated heterocycles. The van der Waals surface area contributed by atoms with Crippen LogP contribution in [0, 0.1) is 17.5 Å². The average Bonchev–Trinajstić information content (AvgIpc) is 2.42. The molecule has 0 saturated carbocycles. The summed E-state index contributed by atoms with van der Waals surface area (Å²) >= 11 is 0. The zero-order valence-corrected chi connectivity index (χ0v) is 14.0. The molecule has 0 spiro atoms. The van der Waals surface area contributed by atoms with Crippen LogP contribution in [0.5, 0.6) is 0 Å². The molecule has 1 fully saturated rings. The number of hydrogen-bond donors (Lipinski definition) is 1. The Kier molecular flexibility index (Phi) is 9.08. The van der Waals surface area contributed by atoms with E-state index in [9.17, 15) is 13.2 Å². The van der Waals surface area contributed by atoms with Gasteiger partial charge in [0, 0.05) is 32.2 Å². The Morgan fingerprint density at radius 1 is 1.18 bits per heavy atom. The predicted octanol–water partition coefficient (Wildman–Crippen LogP) is 3.86. The molecule has 1 aromatic rings. The lowest BCUT2D eigenvalue weighted by molar-refractivity contribution is 0.171. The summed E-state index contributed by atoms with van der Waals surface area (Å²) in [7, 11) is 0. The molecule has 0 unspecified atom stereocenters. The van der Waals surface area contributed by atoms with Crippen LogP contribution < -0.4 is 5.32 Å². The fourth-order valence-electron chi connectivity index (χ4n) is 2.55. The quantitative estimate of drug-likeness (QED) is 0.650. The molecule has 1 aliphatic heterocycles. The number of benzene rings is 1. The molecule has 2 nitrogen and oxygen atoms in total. The van der Waals surface area contributed by atoms with E-state index in [1.54, 1.807) is 0 Å². The van der Waals surface area contributed by atoms with Crippen molar-refractivity contribution in [1.82, 2.24) is 10.2 Å². The minimum absolute atomic E-state index is 0. The fourth-order valence-corrected chi connectivity index (χ4v) is 2.55. The largest absolute Gasteiger partial charge is 0.314 e. The zero-order chi connectivity index (χ0) is 14.7. The minimum Gasteiger partial charge on any atom is -0.314 e. The van der Waals surface area contributed by atoms with Crippen LogP contribution >= 0.6 is 24.8 Å². The van der Waals surface area contributed by atoms with Crippen molar-refractivity contribution in [2.45, 2.75) is 19.4 Å². The van der Waals surface area contributed by atoms with E-state index >= 15 is 0 Å². The molecule has 1 heterocycles. The van der Waals surface area contributed by atoms with Gasteiger partial charge in [0.2, 0.25) is 0 Å². The van der Waals surface area contributed by atoms with Gasteiger partial charge in [0.1, 0.15) is 0 Å². The number of halogens is 5. The Hall–Kier alpha value is -0.750. The van der Waals surface area contributed by atoms with Crippen molar-refractivity contribution < 1.29 is 13.2 Å². The molecule has 0 aliphatic carbocycles. The molecule has 1 N–H and O–H groups in total. The second-order valence-corrected chi connectivity index (χ2v) is 5.26. The monoisotopic (exact) mass is 356 g/mol. The molecule has 0 amide bonds. The normalized spacial score (nSPS) is 16.4. The highest BCUT2D eigenvalue weighted by molar-refractivity contribution is 5.85. The summed E-state index contributed by atoms with van der Waals surface area (Å²) in [5.74, 6) is -3.69. The molecule has 126 valence electrons. The zero-order valence-electron chi connectivity index (χ0n) is 12.4. The minimum atomic E-state index is -1.41. The summed E-state index contributed by atoms with van der Waals surface area (Å²) < 4.78 is 40.0. The van der Waals surface area contributed by atoms with Gasteiger partial charge in [-0.15, -0.1) is 31.4 Å². The SMILES string of the molecule is C=C(C)C[C@@H](c1cc(F)c(F)c(F)c1)N1CCNCC1.Cl.Cl. The van der Waals surface area contributed by atoms with Crippen molar-refractivity contribution in [3.8, 4) is 0 Å². The van der Waals surface area contributed by atoms with Crippen LogP contribution in [0.4, 0.5) is 13.2 Å². The van der Waals surface area contributed by atoms with Crippen molar-refractivity contribution in [3.05, 3.63) is 47.3 Å². The van der Waals surface area contributed by atoms with E-state index in [0.29, 0.717) is 12.0 Å². The van der Waals surface area contributed by atoms with Crippen LogP contribution in [-0.4, -0.2) is 31.1 Å². The van der Waals surface area contributed by atoms with Crippen molar-refractivity contribution in [1.29, 1.82) is 0 Å². The van der Waals surface area contributed by atoms with Crippen LogP contribution in [0.2, 0.25) is 0 Å². The number of piperazine rings is 1. The van der Waals surface area contributed by atoms with Gasteiger partial charge in [0.15, 0.2) is 17.5 Å². The van der Waals surface area contributed by atoms with Gasteiger partial charge in [-0.1, -0.05) is 5.57 Å². The fraction of sp³-hybridized carbons (Fsp3) is 0.467. The molecule has 1 aliphatic rings. The summed E-state index contributed by atoms with van der Waals surface area (Å²) in [6.45, 7) is 9.00. The van der Waals surface area contributed by atoms with Gasteiger partial charge in [-0.2, -0.15) is 0 Å². The van der Waals surface area contributed by atoms with Crippen LogP contribution in [0.1, 0.15) is 24.9 Å². The molecular weight excluding hydrogens is 336 g/mol. The molecule has 2 rings (SSSR count). The first-order valence-corrected chi connectivity index (χ1v) is 6.72. The van der Waals surface area contributed by atoms with Gasteiger partial charge in [-0.05, 0) is 31.0 Å². The van der Waals surface area contributed by atoms with Crippen molar-refractivity contribution in [2.75, 3.05) is 26.2 Å². The maximum atomic E-state index is 13.4. The highest BCUT2D eigenvalue weighted by Gasteiger charge is 2.24. The Labute approximate surface area is 141 Å². The third-order valence-electron chi connectivity index (χ3n) is 3.53. The molecule has 0 bridgehead atoms. The summed E-state index contributed by atoms with van der Waals surface area (Å²) in [5, 5.41) is 3.23. The topological polar surface area (TPSA) is 15.3 Å². The number of nitrogens with one attached hydrogen (secondary N) is 1. The van der Waals surface area contributed by atoms with Gasteiger partial charge in [-0.3, -0.25) is 4.90 Å². The maximum Gasteiger partial charge on any atom is 0.194 e. The average molecular weight is 357 g/mol. The third-order valence-corrected chi connectivity index (χ3v) is 3.53. The van der Waals surface area contributed by atoms with Gasteiger partial charge in [-0.25, -0.2) is 13.2 Å². The molecule has 0 aromatic heterocycles. The lowest BCUT2D eigenvalue weighted by Crippen LogP contribution is -2.45. The van der Waals surface area contributed by atoms with E-state index in [4.69, 9.17) is 0 Å². The maximum absolute atomic E-state index is 13.4. The standard InChI is InChI=1S/C15H19F3N2.2ClH/c1-10(2)7-14(20-5-3-19-4-6-20)11-8-12(16)15(18)13(17)9-11;;/h8-9,14,19H,1,3-7H2,2H3;2*1H/t14-;;/m0../s1. The summed E-state index contributed by atoms with van der Waals surface area (Å²) in [4.78, 5) is 2.15. The van der Waals surface area contributed by atoms with E-state index in [0.717, 1.165) is 43.9 Å². The Bertz CT molecular complexity index is 483. The Balaban J connectivity index is 0.00000220. The lowest BCUT2D eigenvalue weighted by atomic mass is 9.97. The molecule has 1 atom stereocenters. The van der Waals surface area contributed by atoms with E-state index < -0.39 is 17.5 Å². The second kappa shape index (κ2) is 9.40.